The number of para-hydroxylation sites is 3. The van der Waals surface area contributed by atoms with Crippen LogP contribution in [0.15, 0.2) is 246 Å². The van der Waals surface area contributed by atoms with Crippen LogP contribution < -0.4 is 14.5 Å². The lowest BCUT2D eigenvalue weighted by Crippen LogP contribution is -2.35. The van der Waals surface area contributed by atoms with E-state index in [0.29, 0.717) is 0 Å². The molecule has 5 aliphatic rings. The number of phenols is 1. The Balaban J connectivity index is 0.00000301. The van der Waals surface area contributed by atoms with Gasteiger partial charge in [0, 0.05) is 61.9 Å². The summed E-state index contributed by atoms with van der Waals surface area (Å²) in [6.07, 6.45) is 32.8. The first-order valence-electron chi connectivity index (χ1n) is 27.9. The molecule has 1 N–H and O–H groups in total. The smallest absolute Gasteiger partial charge is 0.159 e. The fraction of sp³-hybridized carbons (Fsp3) is 0.178. The van der Waals surface area contributed by atoms with E-state index in [-0.39, 0.29) is 29.7 Å². The first-order valence-corrected chi connectivity index (χ1v) is 27.9. The Kier molecular flexibility index (Phi) is 13.7. The second kappa shape index (κ2) is 21.3. The number of rotatable bonds is 11. The van der Waals surface area contributed by atoms with Crippen molar-refractivity contribution in [2.24, 2.45) is 5.92 Å². The van der Waals surface area contributed by atoms with Crippen LogP contribution in [-0.2, 0) is 0 Å². The quantitative estimate of drug-likeness (QED) is 0.131. The van der Waals surface area contributed by atoms with Gasteiger partial charge in [-0.05, 0) is 134 Å². The molecule has 0 radical (unpaired) electrons. The molecule has 78 heavy (non-hydrogen) atoms. The minimum absolute atomic E-state index is 0.0163. The SMILES string of the molecule is C=C(C1=CC=C(N(c2cccc3c2oc2c(C4=CCCC=C4)cccc23)C2C=C(C)C=CC2)CC1/C=C\C)c1c(O)ccc2cc(N(c3cccc(C)c3)c3cccc4c3OC3C(c5ccccc5)=CC=CC43)ccc12.CC. The van der Waals surface area contributed by atoms with E-state index in [0.717, 1.165) is 115 Å². The minimum atomic E-state index is -0.141. The molecule has 8 aromatic rings. The number of furan rings is 1. The molecule has 7 aromatic carbocycles. The van der Waals surface area contributed by atoms with Crippen molar-refractivity contribution in [2.45, 2.75) is 78.4 Å². The van der Waals surface area contributed by atoms with E-state index >= 15 is 0 Å². The monoisotopic (exact) mass is 1020 g/mol. The highest BCUT2D eigenvalue weighted by Crippen LogP contribution is 2.53. The summed E-state index contributed by atoms with van der Waals surface area (Å²) < 4.78 is 14.2. The highest BCUT2D eigenvalue weighted by molar-refractivity contribution is 6.12. The highest BCUT2D eigenvalue weighted by atomic mass is 16.5. The molecule has 1 aromatic heterocycles. The summed E-state index contributed by atoms with van der Waals surface area (Å²) >= 11 is 0. The number of aromatic hydroxyl groups is 1. The van der Waals surface area contributed by atoms with Crippen LogP contribution in [0, 0.1) is 12.8 Å². The van der Waals surface area contributed by atoms with Crippen LogP contribution in [0.5, 0.6) is 11.5 Å². The average Bonchev–Trinajstić information content (AvgIpc) is 4.10. The summed E-state index contributed by atoms with van der Waals surface area (Å²) in [7, 11) is 0. The van der Waals surface area contributed by atoms with E-state index < -0.39 is 0 Å². The topological polar surface area (TPSA) is 49.1 Å². The van der Waals surface area contributed by atoms with Crippen LogP contribution in [0.25, 0.3) is 49.4 Å². The molecular formula is C73H66N2O3. The molecule has 4 unspecified atom stereocenters. The maximum absolute atomic E-state index is 12.0. The molecular weight excluding hydrogens is 953 g/mol. The van der Waals surface area contributed by atoms with Gasteiger partial charge in [0.15, 0.2) is 5.58 Å². The van der Waals surface area contributed by atoms with Crippen LogP contribution >= 0.6 is 0 Å². The number of benzene rings is 7. The van der Waals surface area contributed by atoms with Gasteiger partial charge in [0.05, 0.1) is 17.4 Å². The third-order valence-electron chi connectivity index (χ3n) is 16.0. The van der Waals surface area contributed by atoms with Crippen LogP contribution in [0.4, 0.5) is 22.7 Å². The minimum Gasteiger partial charge on any atom is -0.507 e. The van der Waals surface area contributed by atoms with Crippen molar-refractivity contribution in [2.75, 3.05) is 9.80 Å². The first kappa shape index (κ1) is 50.0. The number of aryl methyl sites for hydroxylation is 1. The fourth-order valence-electron chi connectivity index (χ4n) is 12.5. The molecule has 13 rings (SSSR count). The number of hydrogen-bond acceptors (Lipinski definition) is 5. The number of phenolic OH excluding ortho intramolecular Hbond substituents is 1. The summed E-state index contributed by atoms with van der Waals surface area (Å²) in [5, 5.41) is 16.1. The summed E-state index contributed by atoms with van der Waals surface area (Å²) in [5.41, 5.74) is 17.9. The number of allylic oxidation sites excluding steroid dienone is 15. The Labute approximate surface area is 459 Å². The lowest BCUT2D eigenvalue weighted by atomic mass is 9.81. The Bertz CT molecular complexity index is 3960. The molecule has 0 fully saturated rings. The summed E-state index contributed by atoms with van der Waals surface area (Å²) in [5.74, 6) is 1.16. The van der Waals surface area contributed by atoms with Crippen molar-refractivity contribution in [1.82, 2.24) is 0 Å². The Morgan fingerprint density at radius 1 is 0.731 bits per heavy atom. The van der Waals surface area contributed by atoms with Gasteiger partial charge in [-0.1, -0.05) is 196 Å². The molecule has 0 spiro atoms. The van der Waals surface area contributed by atoms with Crippen LogP contribution in [-0.4, -0.2) is 17.3 Å². The number of hydrogen-bond donors (Lipinski definition) is 1. The molecule has 1 aliphatic heterocycles. The van der Waals surface area contributed by atoms with Gasteiger partial charge in [0.2, 0.25) is 0 Å². The van der Waals surface area contributed by atoms with Crippen molar-refractivity contribution < 1.29 is 14.3 Å². The Hall–Kier alpha value is -8.80. The molecule has 4 aliphatic carbocycles. The number of nitrogens with zero attached hydrogens (tertiary/aromatic N) is 2. The molecule has 5 nitrogen and oxygen atoms in total. The fourth-order valence-corrected chi connectivity index (χ4v) is 12.5. The van der Waals surface area contributed by atoms with Gasteiger partial charge in [0.25, 0.3) is 0 Å². The molecule has 0 amide bonds. The Morgan fingerprint density at radius 3 is 2.33 bits per heavy atom. The molecule has 2 heterocycles. The number of anilines is 4. The second-order valence-corrected chi connectivity index (χ2v) is 20.8. The van der Waals surface area contributed by atoms with Gasteiger partial charge in [-0.25, -0.2) is 0 Å². The van der Waals surface area contributed by atoms with E-state index in [1.165, 1.54) is 33.5 Å². The zero-order valence-corrected chi connectivity index (χ0v) is 45.3. The first-order chi connectivity index (χ1) is 38.3. The summed E-state index contributed by atoms with van der Waals surface area (Å²) in [6, 6.07) is 49.4. The largest absolute Gasteiger partial charge is 0.507 e. The molecule has 0 saturated carbocycles. The van der Waals surface area contributed by atoms with E-state index in [2.05, 4.69) is 237 Å². The maximum Gasteiger partial charge on any atom is 0.159 e. The highest BCUT2D eigenvalue weighted by Gasteiger charge is 2.40. The number of fused-ring (bicyclic) bond motifs is 7. The van der Waals surface area contributed by atoms with Gasteiger partial charge in [0.1, 0.15) is 23.2 Å². The van der Waals surface area contributed by atoms with E-state index in [4.69, 9.17) is 15.7 Å². The predicted octanol–water partition coefficient (Wildman–Crippen LogP) is 19.7. The van der Waals surface area contributed by atoms with Crippen molar-refractivity contribution in [3.63, 3.8) is 0 Å². The molecule has 0 bridgehead atoms. The van der Waals surface area contributed by atoms with Gasteiger partial charge in [-0.2, -0.15) is 0 Å². The molecule has 4 atom stereocenters. The van der Waals surface area contributed by atoms with Gasteiger partial charge in [-0.3, -0.25) is 0 Å². The lowest BCUT2D eigenvalue weighted by molar-refractivity contribution is 0.279. The zero-order valence-electron chi connectivity index (χ0n) is 45.3. The van der Waals surface area contributed by atoms with Crippen LogP contribution in [0.1, 0.15) is 87.1 Å². The van der Waals surface area contributed by atoms with Crippen molar-refractivity contribution in [3.8, 4) is 11.5 Å². The van der Waals surface area contributed by atoms with Crippen LogP contribution in [0.2, 0.25) is 0 Å². The van der Waals surface area contributed by atoms with Gasteiger partial charge < -0.3 is 24.1 Å². The van der Waals surface area contributed by atoms with Crippen LogP contribution in [0.3, 0.4) is 0 Å². The lowest BCUT2D eigenvalue weighted by Gasteiger charge is -2.38. The summed E-state index contributed by atoms with van der Waals surface area (Å²) in [6.45, 7) is 15.2. The third kappa shape index (κ3) is 8.97. The zero-order chi connectivity index (χ0) is 53.4. The maximum atomic E-state index is 12.0. The summed E-state index contributed by atoms with van der Waals surface area (Å²) in [4.78, 5) is 4.83. The van der Waals surface area contributed by atoms with Crippen molar-refractivity contribution >= 4 is 72.2 Å². The normalized spacial score (nSPS) is 19.3. The van der Waals surface area contributed by atoms with Gasteiger partial charge >= 0.3 is 0 Å². The Morgan fingerprint density at radius 2 is 1.53 bits per heavy atom. The van der Waals surface area contributed by atoms with E-state index in [1.807, 2.05) is 26.0 Å². The standard InChI is InChI=1S/C71H60N2O3.C2H6/c1-5-18-50-43-54(72(52-25-12-19-45(2)41-52)64-33-16-31-62-60-29-14-27-58(68(60)75-70(62)64)48-21-8-6-9-22-48)36-38-56(50)47(4)67-57-39-37-55(44-51(57)35-40-66(67)74)73(53-26-13-20-46(3)42-53)65-34-17-32-63-61-30-15-28-59(69(61)76-71(63)65)49-23-10-7-11-24-49;1-2/h5,7-8,10-24,26-42,44,50,52,61,69,74H,4,6,9,25,43H2,1-3H3;1-2H3/b18-5-;. The van der Waals surface area contributed by atoms with E-state index in [1.54, 1.807) is 0 Å². The second-order valence-electron chi connectivity index (χ2n) is 20.8. The number of ether oxygens (including phenoxy) is 1. The van der Waals surface area contributed by atoms with Crippen molar-refractivity contribution in [3.05, 3.63) is 270 Å². The van der Waals surface area contributed by atoms with Gasteiger partial charge in [-0.15, -0.1) is 0 Å². The molecule has 0 saturated heterocycles. The molecule has 386 valence electrons. The molecule has 5 heteroatoms. The predicted molar refractivity (Wildman–Crippen MR) is 329 cm³/mol. The van der Waals surface area contributed by atoms with Crippen molar-refractivity contribution in [1.29, 1.82) is 0 Å². The average molecular weight is 1020 g/mol. The third-order valence-corrected chi connectivity index (χ3v) is 16.0. The van der Waals surface area contributed by atoms with E-state index in [9.17, 15) is 5.11 Å².